The summed E-state index contributed by atoms with van der Waals surface area (Å²) in [5.74, 6) is 0.421. The zero-order chi connectivity index (χ0) is 6.15. The standard InChI is InChI=1S/C6H13NO/c1-4-2-5(7)3-6(4)8/h4-6,8H,2-3,7H2,1H3/t4-,5-,6-/m0/s1. The Bertz CT molecular complexity index is 74.6. The van der Waals surface area contributed by atoms with E-state index in [1.807, 2.05) is 6.92 Å². The van der Waals surface area contributed by atoms with Crippen molar-refractivity contribution in [1.29, 1.82) is 0 Å². The molecule has 3 N–H and O–H groups in total. The highest BCUT2D eigenvalue weighted by Gasteiger charge is 2.26. The fourth-order valence-electron chi connectivity index (χ4n) is 1.27. The van der Waals surface area contributed by atoms with E-state index in [9.17, 15) is 0 Å². The van der Waals surface area contributed by atoms with E-state index in [0.29, 0.717) is 5.92 Å². The van der Waals surface area contributed by atoms with Crippen LogP contribution in [-0.4, -0.2) is 17.3 Å². The first kappa shape index (κ1) is 6.05. The Kier molecular flexibility index (Phi) is 1.54. The minimum atomic E-state index is -0.134. The summed E-state index contributed by atoms with van der Waals surface area (Å²) < 4.78 is 0. The summed E-state index contributed by atoms with van der Waals surface area (Å²) in [4.78, 5) is 0. The topological polar surface area (TPSA) is 46.2 Å². The molecule has 2 nitrogen and oxygen atoms in total. The molecule has 1 aliphatic rings. The average molecular weight is 115 g/mol. The lowest BCUT2D eigenvalue weighted by molar-refractivity contribution is 0.141. The lowest BCUT2D eigenvalue weighted by Crippen LogP contribution is -2.15. The van der Waals surface area contributed by atoms with Crippen LogP contribution in [0.4, 0.5) is 0 Å². The molecule has 0 aromatic heterocycles. The summed E-state index contributed by atoms with van der Waals surface area (Å²) in [6.07, 6.45) is 1.65. The summed E-state index contributed by atoms with van der Waals surface area (Å²) in [6.45, 7) is 2.04. The maximum absolute atomic E-state index is 9.09. The minimum absolute atomic E-state index is 0.134. The summed E-state index contributed by atoms with van der Waals surface area (Å²) in [5.41, 5.74) is 5.56. The molecule has 1 saturated carbocycles. The highest BCUT2D eigenvalue weighted by Crippen LogP contribution is 2.23. The highest BCUT2D eigenvalue weighted by molar-refractivity contribution is 4.82. The Hall–Kier alpha value is -0.0800. The molecule has 8 heavy (non-hydrogen) atoms. The van der Waals surface area contributed by atoms with Crippen molar-refractivity contribution < 1.29 is 5.11 Å². The lowest BCUT2D eigenvalue weighted by atomic mass is 10.1. The van der Waals surface area contributed by atoms with Gasteiger partial charge >= 0.3 is 0 Å². The van der Waals surface area contributed by atoms with Gasteiger partial charge in [-0.3, -0.25) is 0 Å². The molecular weight excluding hydrogens is 102 g/mol. The van der Waals surface area contributed by atoms with Crippen LogP contribution < -0.4 is 5.73 Å². The van der Waals surface area contributed by atoms with Crippen molar-refractivity contribution in [3.05, 3.63) is 0 Å². The normalized spacial score (nSPS) is 47.6. The van der Waals surface area contributed by atoms with Gasteiger partial charge in [0.1, 0.15) is 0 Å². The fourth-order valence-corrected chi connectivity index (χ4v) is 1.27. The smallest absolute Gasteiger partial charge is 0.0581 e. The molecule has 48 valence electrons. The molecule has 0 radical (unpaired) electrons. The zero-order valence-electron chi connectivity index (χ0n) is 5.17. The predicted octanol–water partition coefficient (Wildman–Crippen LogP) is 0.104. The van der Waals surface area contributed by atoms with Gasteiger partial charge in [0.15, 0.2) is 0 Å². The van der Waals surface area contributed by atoms with E-state index in [2.05, 4.69) is 0 Å². The van der Waals surface area contributed by atoms with E-state index in [1.165, 1.54) is 0 Å². The van der Waals surface area contributed by atoms with E-state index in [0.717, 1.165) is 12.8 Å². The molecule has 0 unspecified atom stereocenters. The largest absolute Gasteiger partial charge is 0.393 e. The van der Waals surface area contributed by atoms with E-state index in [4.69, 9.17) is 10.8 Å². The summed E-state index contributed by atoms with van der Waals surface area (Å²) in [6, 6.07) is 0.250. The monoisotopic (exact) mass is 115 g/mol. The number of hydrogen-bond acceptors (Lipinski definition) is 2. The molecule has 0 aromatic carbocycles. The minimum Gasteiger partial charge on any atom is -0.393 e. The first-order valence-corrected chi connectivity index (χ1v) is 3.14. The van der Waals surface area contributed by atoms with Gasteiger partial charge in [0.25, 0.3) is 0 Å². The number of aliphatic hydroxyl groups excluding tert-OH is 1. The van der Waals surface area contributed by atoms with E-state index in [-0.39, 0.29) is 12.1 Å². The first-order valence-electron chi connectivity index (χ1n) is 3.14. The lowest BCUT2D eigenvalue weighted by Gasteiger charge is -2.03. The van der Waals surface area contributed by atoms with Crippen molar-refractivity contribution in [2.24, 2.45) is 11.7 Å². The van der Waals surface area contributed by atoms with Crippen LogP contribution in [0.5, 0.6) is 0 Å². The van der Waals surface area contributed by atoms with E-state index >= 15 is 0 Å². The molecule has 1 rings (SSSR count). The van der Waals surface area contributed by atoms with E-state index in [1.54, 1.807) is 0 Å². The van der Waals surface area contributed by atoms with Gasteiger partial charge in [-0.2, -0.15) is 0 Å². The molecule has 0 spiro atoms. The molecule has 1 aliphatic carbocycles. The Morgan fingerprint density at radius 3 is 2.25 bits per heavy atom. The first-order chi connectivity index (χ1) is 3.70. The third-order valence-corrected chi connectivity index (χ3v) is 1.88. The van der Waals surface area contributed by atoms with Gasteiger partial charge in [-0.1, -0.05) is 6.92 Å². The highest BCUT2D eigenvalue weighted by atomic mass is 16.3. The van der Waals surface area contributed by atoms with Crippen molar-refractivity contribution in [2.45, 2.75) is 31.9 Å². The molecule has 2 heteroatoms. The quantitative estimate of drug-likeness (QED) is 0.470. The van der Waals surface area contributed by atoms with Crippen LogP contribution in [0.1, 0.15) is 19.8 Å². The second kappa shape index (κ2) is 2.03. The van der Waals surface area contributed by atoms with Crippen molar-refractivity contribution >= 4 is 0 Å². The third-order valence-electron chi connectivity index (χ3n) is 1.88. The summed E-state index contributed by atoms with van der Waals surface area (Å²) in [5, 5.41) is 9.09. The van der Waals surface area contributed by atoms with Crippen LogP contribution >= 0.6 is 0 Å². The van der Waals surface area contributed by atoms with Gasteiger partial charge in [-0.05, 0) is 18.8 Å². The Morgan fingerprint density at radius 2 is 2.12 bits per heavy atom. The van der Waals surface area contributed by atoms with Crippen LogP contribution in [0.2, 0.25) is 0 Å². The molecule has 0 saturated heterocycles. The van der Waals surface area contributed by atoms with Crippen molar-refractivity contribution in [1.82, 2.24) is 0 Å². The molecule has 0 heterocycles. The van der Waals surface area contributed by atoms with Crippen LogP contribution in [0.3, 0.4) is 0 Å². The molecule has 0 aromatic rings. The molecule has 1 fully saturated rings. The van der Waals surface area contributed by atoms with E-state index < -0.39 is 0 Å². The molecule has 0 amide bonds. The van der Waals surface area contributed by atoms with Gasteiger partial charge in [0.2, 0.25) is 0 Å². The maximum Gasteiger partial charge on any atom is 0.0581 e. The van der Waals surface area contributed by atoms with Crippen LogP contribution in [0.15, 0.2) is 0 Å². The average Bonchev–Trinajstić information content (AvgIpc) is 1.85. The van der Waals surface area contributed by atoms with Gasteiger partial charge in [0.05, 0.1) is 6.10 Å². The third kappa shape index (κ3) is 1.01. The Balaban J connectivity index is 2.39. The molecule has 0 aliphatic heterocycles. The molecule has 3 atom stereocenters. The van der Waals surface area contributed by atoms with Gasteiger partial charge < -0.3 is 10.8 Å². The SMILES string of the molecule is C[C@H]1C[C@H](N)C[C@@H]1O. The Labute approximate surface area is 49.7 Å². The second-order valence-corrected chi connectivity index (χ2v) is 2.78. The number of aliphatic hydroxyl groups is 1. The van der Waals surface area contributed by atoms with Gasteiger partial charge in [-0.25, -0.2) is 0 Å². The van der Waals surface area contributed by atoms with Crippen molar-refractivity contribution in [3.63, 3.8) is 0 Å². The van der Waals surface area contributed by atoms with Crippen LogP contribution in [-0.2, 0) is 0 Å². The Morgan fingerprint density at radius 1 is 1.50 bits per heavy atom. The van der Waals surface area contributed by atoms with Crippen LogP contribution in [0, 0.1) is 5.92 Å². The summed E-state index contributed by atoms with van der Waals surface area (Å²) >= 11 is 0. The van der Waals surface area contributed by atoms with Crippen molar-refractivity contribution in [2.75, 3.05) is 0 Å². The predicted molar refractivity (Wildman–Crippen MR) is 32.4 cm³/mol. The molecular formula is C6H13NO. The fraction of sp³-hybridized carbons (Fsp3) is 1.00. The van der Waals surface area contributed by atoms with Crippen LogP contribution in [0.25, 0.3) is 0 Å². The van der Waals surface area contributed by atoms with Gasteiger partial charge in [0, 0.05) is 6.04 Å². The number of rotatable bonds is 0. The number of hydrogen-bond donors (Lipinski definition) is 2. The second-order valence-electron chi connectivity index (χ2n) is 2.78. The maximum atomic E-state index is 9.09. The summed E-state index contributed by atoms with van der Waals surface area (Å²) in [7, 11) is 0. The van der Waals surface area contributed by atoms with Gasteiger partial charge in [-0.15, -0.1) is 0 Å². The number of nitrogens with two attached hydrogens (primary N) is 1. The van der Waals surface area contributed by atoms with Crippen molar-refractivity contribution in [3.8, 4) is 0 Å². The zero-order valence-corrected chi connectivity index (χ0v) is 5.17. The molecule has 0 bridgehead atoms.